The summed E-state index contributed by atoms with van der Waals surface area (Å²) in [5.74, 6) is 0.172. The average Bonchev–Trinajstić information content (AvgIpc) is 2.72. The molecule has 0 aromatic heterocycles. The Balaban J connectivity index is 1.80. The Morgan fingerprint density at radius 1 is 1.07 bits per heavy atom. The van der Waals surface area contributed by atoms with Crippen molar-refractivity contribution in [3.8, 4) is 5.75 Å². The van der Waals surface area contributed by atoms with E-state index in [4.69, 9.17) is 9.47 Å². The summed E-state index contributed by atoms with van der Waals surface area (Å²) >= 11 is 0. The van der Waals surface area contributed by atoms with Gasteiger partial charge in [-0.15, -0.1) is 0 Å². The van der Waals surface area contributed by atoms with Gasteiger partial charge in [-0.2, -0.15) is 0 Å². The molecule has 1 heterocycles. The van der Waals surface area contributed by atoms with Crippen molar-refractivity contribution < 1.29 is 19.1 Å². The van der Waals surface area contributed by atoms with Gasteiger partial charge in [-0.05, 0) is 41.8 Å². The number of ether oxygens (including phenoxy) is 2. The number of amides is 1. The topological polar surface area (TPSA) is 55.8 Å². The second kappa shape index (κ2) is 8.71. The average molecular weight is 367 g/mol. The molecule has 5 nitrogen and oxygen atoms in total. The molecule has 1 unspecified atom stereocenters. The van der Waals surface area contributed by atoms with Crippen molar-refractivity contribution in [2.75, 3.05) is 13.7 Å². The van der Waals surface area contributed by atoms with Gasteiger partial charge in [0.15, 0.2) is 0 Å². The highest BCUT2D eigenvalue weighted by atomic mass is 16.5. The van der Waals surface area contributed by atoms with Crippen LogP contribution in [-0.2, 0) is 22.5 Å². The number of methoxy groups -OCH3 is 1. The molecule has 0 fully saturated rings. The summed E-state index contributed by atoms with van der Waals surface area (Å²) in [7, 11) is 1.36. The van der Waals surface area contributed by atoms with Gasteiger partial charge in [0.25, 0.3) is 5.91 Å². The van der Waals surface area contributed by atoms with E-state index >= 15 is 0 Å². The van der Waals surface area contributed by atoms with Gasteiger partial charge >= 0.3 is 5.97 Å². The summed E-state index contributed by atoms with van der Waals surface area (Å²) in [5, 5.41) is 0. The zero-order valence-electron chi connectivity index (χ0n) is 15.8. The van der Waals surface area contributed by atoms with E-state index in [1.807, 2.05) is 24.3 Å². The van der Waals surface area contributed by atoms with Crippen molar-refractivity contribution in [1.29, 1.82) is 0 Å². The molecule has 1 aliphatic heterocycles. The number of fused-ring (bicyclic) bond motifs is 1. The first kappa shape index (κ1) is 19.0. The maximum absolute atomic E-state index is 13.1. The van der Waals surface area contributed by atoms with Gasteiger partial charge in [-0.1, -0.05) is 37.6 Å². The first-order valence-electron chi connectivity index (χ1n) is 9.32. The van der Waals surface area contributed by atoms with Crippen LogP contribution >= 0.6 is 0 Å². The molecular weight excluding hydrogens is 342 g/mol. The minimum Gasteiger partial charge on any atom is -0.494 e. The Hall–Kier alpha value is -2.82. The van der Waals surface area contributed by atoms with Crippen LogP contribution in [0.1, 0.15) is 41.3 Å². The molecule has 1 atom stereocenters. The highest BCUT2D eigenvalue weighted by molar-refractivity contribution is 5.97. The molecule has 1 amide bonds. The van der Waals surface area contributed by atoms with Crippen molar-refractivity contribution in [3.05, 3.63) is 65.2 Å². The fraction of sp³-hybridized carbons (Fsp3) is 0.364. The van der Waals surface area contributed by atoms with E-state index < -0.39 is 12.0 Å². The van der Waals surface area contributed by atoms with Crippen LogP contribution in [0, 0.1) is 0 Å². The lowest BCUT2D eigenvalue weighted by atomic mass is 9.93. The zero-order valence-corrected chi connectivity index (χ0v) is 15.8. The number of hydrogen-bond donors (Lipinski definition) is 0. The Morgan fingerprint density at radius 2 is 1.78 bits per heavy atom. The largest absolute Gasteiger partial charge is 0.494 e. The van der Waals surface area contributed by atoms with Crippen molar-refractivity contribution in [1.82, 2.24) is 4.90 Å². The molecule has 27 heavy (non-hydrogen) atoms. The van der Waals surface area contributed by atoms with Crippen LogP contribution in [0.2, 0.25) is 0 Å². The van der Waals surface area contributed by atoms with E-state index in [0.29, 0.717) is 25.1 Å². The number of rotatable bonds is 6. The zero-order chi connectivity index (χ0) is 19.2. The molecule has 0 N–H and O–H groups in total. The minimum absolute atomic E-state index is 0.181. The lowest BCUT2D eigenvalue weighted by molar-refractivity contribution is -0.146. The van der Waals surface area contributed by atoms with E-state index in [1.54, 1.807) is 29.2 Å². The van der Waals surface area contributed by atoms with E-state index in [1.165, 1.54) is 7.11 Å². The number of unbranched alkanes of at least 4 members (excludes halogenated alkanes) is 1. The van der Waals surface area contributed by atoms with E-state index in [9.17, 15) is 9.59 Å². The summed E-state index contributed by atoms with van der Waals surface area (Å²) in [4.78, 5) is 27.0. The normalized spacial score (nSPS) is 15.8. The molecular formula is C22H25NO4. The van der Waals surface area contributed by atoms with Crippen LogP contribution in [0.3, 0.4) is 0 Å². The SMILES string of the molecule is CCCCOc1ccc(C(=O)N2Cc3ccccc3CC2C(=O)OC)cc1. The molecule has 0 radical (unpaired) electrons. The third-order valence-electron chi connectivity index (χ3n) is 4.85. The van der Waals surface area contributed by atoms with Gasteiger partial charge in [0, 0.05) is 18.5 Å². The highest BCUT2D eigenvalue weighted by Crippen LogP contribution is 2.26. The molecule has 1 aliphatic rings. The van der Waals surface area contributed by atoms with E-state index in [2.05, 4.69) is 6.92 Å². The van der Waals surface area contributed by atoms with Gasteiger partial charge in [0.05, 0.1) is 13.7 Å². The minimum atomic E-state index is -0.613. The van der Waals surface area contributed by atoms with Gasteiger partial charge in [-0.3, -0.25) is 4.79 Å². The summed E-state index contributed by atoms with van der Waals surface area (Å²) in [6, 6.07) is 14.4. The second-order valence-electron chi connectivity index (χ2n) is 6.67. The molecule has 0 bridgehead atoms. The molecule has 3 rings (SSSR count). The molecule has 0 saturated heterocycles. The molecule has 5 heteroatoms. The van der Waals surface area contributed by atoms with Crippen molar-refractivity contribution >= 4 is 11.9 Å². The Bertz CT molecular complexity index is 800. The molecule has 0 aliphatic carbocycles. The van der Waals surface area contributed by atoms with Crippen molar-refractivity contribution in [3.63, 3.8) is 0 Å². The molecule has 0 spiro atoms. The highest BCUT2D eigenvalue weighted by Gasteiger charge is 2.35. The lowest BCUT2D eigenvalue weighted by Crippen LogP contribution is -2.49. The van der Waals surface area contributed by atoms with Crippen molar-refractivity contribution in [2.24, 2.45) is 0 Å². The predicted molar refractivity (Wildman–Crippen MR) is 103 cm³/mol. The summed E-state index contributed by atoms with van der Waals surface area (Å²) < 4.78 is 10.6. The van der Waals surface area contributed by atoms with E-state index in [-0.39, 0.29) is 5.91 Å². The quantitative estimate of drug-likeness (QED) is 0.578. The summed E-state index contributed by atoms with van der Waals surface area (Å²) in [5.41, 5.74) is 2.67. The fourth-order valence-electron chi connectivity index (χ4n) is 3.28. The number of nitrogens with zero attached hydrogens (tertiary/aromatic N) is 1. The van der Waals surface area contributed by atoms with Crippen molar-refractivity contribution in [2.45, 2.75) is 38.8 Å². The second-order valence-corrected chi connectivity index (χ2v) is 6.67. The third kappa shape index (κ3) is 4.30. The Labute approximate surface area is 159 Å². The smallest absolute Gasteiger partial charge is 0.328 e. The van der Waals surface area contributed by atoms with Crippen LogP contribution in [0.4, 0.5) is 0 Å². The van der Waals surface area contributed by atoms with E-state index in [0.717, 1.165) is 29.7 Å². The van der Waals surface area contributed by atoms with Crippen LogP contribution in [0.25, 0.3) is 0 Å². The summed E-state index contributed by atoms with van der Waals surface area (Å²) in [6.07, 6.45) is 2.53. The maximum Gasteiger partial charge on any atom is 0.328 e. The van der Waals surface area contributed by atoms with Gasteiger partial charge < -0.3 is 14.4 Å². The number of carbonyl (C=O) groups excluding carboxylic acids is 2. The monoisotopic (exact) mass is 367 g/mol. The first-order valence-corrected chi connectivity index (χ1v) is 9.32. The lowest BCUT2D eigenvalue weighted by Gasteiger charge is -2.35. The fourth-order valence-corrected chi connectivity index (χ4v) is 3.28. The predicted octanol–water partition coefficient (Wildman–Crippen LogP) is 3.61. The summed E-state index contributed by atoms with van der Waals surface area (Å²) in [6.45, 7) is 3.17. The van der Waals surface area contributed by atoms with Gasteiger partial charge in [0.1, 0.15) is 11.8 Å². The number of esters is 1. The van der Waals surface area contributed by atoms with Crippen LogP contribution in [-0.4, -0.2) is 36.5 Å². The third-order valence-corrected chi connectivity index (χ3v) is 4.85. The molecule has 2 aromatic carbocycles. The molecule has 2 aromatic rings. The molecule has 0 saturated carbocycles. The van der Waals surface area contributed by atoms with Gasteiger partial charge in [0.2, 0.25) is 0 Å². The van der Waals surface area contributed by atoms with Crippen LogP contribution in [0.5, 0.6) is 5.75 Å². The maximum atomic E-state index is 13.1. The first-order chi connectivity index (χ1) is 13.1. The Morgan fingerprint density at radius 3 is 2.44 bits per heavy atom. The number of carbonyl (C=O) groups is 2. The van der Waals surface area contributed by atoms with Gasteiger partial charge in [-0.25, -0.2) is 4.79 Å². The number of hydrogen-bond acceptors (Lipinski definition) is 4. The standard InChI is InChI=1S/C22H25NO4/c1-3-4-13-27-19-11-9-16(10-12-19)21(24)23-15-18-8-6-5-7-17(18)14-20(23)22(25)26-2/h5-12,20H,3-4,13-15H2,1-2H3. The Kier molecular flexibility index (Phi) is 6.12. The van der Waals surface area contributed by atoms with Crippen LogP contribution < -0.4 is 4.74 Å². The van der Waals surface area contributed by atoms with Crippen LogP contribution in [0.15, 0.2) is 48.5 Å². The molecule has 142 valence electrons. The number of benzene rings is 2.